The Balaban J connectivity index is 2.22. The molecular formula is C14H12ClFN2O2. The number of hydrogen-bond acceptors (Lipinski definition) is 3. The molecule has 6 heteroatoms. The molecule has 0 saturated carbocycles. The molecule has 0 fully saturated rings. The molecule has 4 N–H and O–H groups in total. The highest BCUT2D eigenvalue weighted by Gasteiger charge is 2.12. The number of carbonyl (C=O) groups is 1. The summed E-state index contributed by atoms with van der Waals surface area (Å²) in [5.41, 5.74) is 7.23. The first-order valence-corrected chi connectivity index (χ1v) is 6.16. The summed E-state index contributed by atoms with van der Waals surface area (Å²) in [5.74, 6) is -1.57. The number of nitrogens with one attached hydrogen (secondary N) is 1. The molecule has 0 unspecified atom stereocenters. The van der Waals surface area contributed by atoms with Crippen molar-refractivity contribution < 1.29 is 14.3 Å². The Morgan fingerprint density at radius 3 is 2.75 bits per heavy atom. The van der Waals surface area contributed by atoms with Crippen molar-refractivity contribution in [3.63, 3.8) is 0 Å². The van der Waals surface area contributed by atoms with E-state index in [1.54, 1.807) is 18.2 Å². The highest BCUT2D eigenvalue weighted by molar-refractivity contribution is 6.30. The van der Waals surface area contributed by atoms with Gasteiger partial charge in [-0.15, -0.1) is 0 Å². The average molecular weight is 295 g/mol. The molecule has 0 bridgehead atoms. The van der Waals surface area contributed by atoms with Crippen molar-refractivity contribution in [2.45, 2.75) is 6.54 Å². The number of aromatic carboxylic acids is 1. The first-order chi connectivity index (χ1) is 9.49. The van der Waals surface area contributed by atoms with E-state index in [0.717, 1.165) is 5.56 Å². The number of nitrogen functional groups attached to an aromatic ring is 1. The number of halogens is 2. The van der Waals surface area contributed by atoms with E-state index in [9.17, 15) is 9.18 Å². The Morgan fingerprint density at radius 2 is 2.10 bits per heavy atom. The number of nitrogens with two attached hydrogens (primary N) is 1. The molecule has 2 aromatic carbocycles. The SMILES string of the molecule is Nc1cccc(C(=O)O)c1NCc1ccc(F)c(Cl)c1. The molecule has 104 valence electrons. The molecule has 0 radical (unpaired) electrons. The van der Waals surface area contributed by atoms with E-state index in [1.165, 1.54) is 18.2 Å². The van der Waals surface area contributed by atoms with E-state index in [4.69, 9.17) is 22.4 Å². The molecule has 0 heterocycles. The van der Waals surface area contributed by atoms with Crippen molar-refractivity contribution in [3.05, 3.63) is 58.4 Å². The average Bonchev–Trinajstić information content (AvgIpc) is 2.40. The second-order valence-corrected chi connectivity index (χ2v) is 4.58. The lowest BCUT2D eigenvalue weighted by atomic mass is 10.1. The summed E-state index contributed by atoms with van der Waals surface area (Å²) >= 11 is 5.69. The smallest absolute Gasteiger partial charge is 0.337 e. The van der Waals surface area contributed by atoms with E-state index in [1.807, 2.05) is 0 Å². The van der Waals surface area contributed by atoms with E-state index in [-0.39, 0.29) is 17.1 Å². The highest BCUT2D eigenvalue weighted by Crippen LogP contribution is 2.25. The van der Waals surface area contributed by atoms with Crippen LogP contribution in [0.1, 0.15) is 15.9 Å². The van der Waals surface area contributed by atoms with Gasteiger partial charge in [0.1, 0.15) is 5.82 Å². The lowest BCUT2D eigenvalue weighted by Crippen LogP contribution is -2.09. The van der Waals surface area contributed by atoms with Gasteiger partial charge in [-0.1, -0.05) is 23.7 Å². The minimum atomic E-state index is -1.07. The van der Waals surface area contributed by atoms with Crippen LogP contribution >= 0.6 is 11.6 Å². The van der Waals surface area contributed by atoms with Crippen LogP contribution in [0.5, 0.6) is 0 Å². The zero-order valence-electron chi connectivity index (χ0n) is 10.4. The normalized spacial score (nSPS) is 10.3. The topological polar surface area (TPSA) is 75.4 Å². The zero-order chi connectivity index (χ0) is 14.7. The quantitative estimate of drug-likeness (QED) is 0.756. The second kappa shape index (κ2) is 5.79. The Hall–Kier alpha value is -2.27. The summed E-state index contributed by atoms with van der Waals surface area (Å²) in [6.07, 6.45) is 0. The number of carboxylic acids is 1. The van der Waals surface area contributed by atoms with Crippen LogP contribution in [0.3, 0.4) is 0 Å². The molecule has 2 rings (SSSR count). The molecule has 0 aliphatic carbocycles. The van der Waals surface area contributed by atoms with Crippen LogP contribution in [0.25, 0.3) is 0 Å². The van der Waals surface area contributed by atoms with Gasteiger partial charge in [-0.05, 0) is 29.8 Å². The lowest BCUT2D eigenvalue weighted by molar-refractivity contribution is 0.0698. The van der Waals surface area contributed by atoms with E-state index in [0.29, 0.717) is 11.4 Å². The van der Waals surface area contributed by atoms with Crippen molar-refractivity contribution in [3.8, 4) is 0 Å². The van der Waals surface area contributed by atoms with Gasteiger partial charge in [0.25, 0.3) is 0 Å². The summed E-state index contributed by atoms with van der Waals surface area (Å²) in [6, 6.07) is 8.92. The maximum absolute atomic E-state index is 13.0. The van der Waals surface area contributed by atoms with Gasteiger partial charge in [-0.25, -0.2) is 9.18 Å². The van der Waals surface area contributed by atoms with Gasteiger partial charge in [0.2, 0.25) is 0 Å². The fourth-order valence-corrected chi connectivity index (χ4v) is 1.99. The Kier molecular flexibility index (Phi) is 4.10. The van der Waals surface area contributed by atoms with Crippen LogP contribution in [0.15, 0.2) is 36.4 Å². The van der Waals surface area contributed by atoms with Gasteiger partial charge in [0.05, 0.1) is 22.0 Å². The monoisotopic (exact) mass is 294 g/mol. The number of para-hydroxylation sites is 1. The summed E-state index contributed by atoms with van der Waals surface area (Å²) < 4.78 is 13.0. The fourth-order valence-electron chi connectivity index (χ4n) is 1.79. The van der Waals surface area contributed by atoms with Crippen molar-refractivity contribution in [1.82, 2.24) is 0 Å². The van der Waals surface area contributed by atoms with Crippen molar-refractivity contribution in [2.75, 3.05) is 11.1 Å². The molecule has 2 aromatic rings. The van der Waals surface area contributed by atoms with Crippen molar-refractivity contribution >= 4 is 28.9 Å². The van der Waals surface area contributed by atoms with Crippen molar-refractivity contribution in [1.29, 1.82) is 0 Å². The summed E-state index contributed by atoms with van der Waals surface area (Å²) in [4.78, 5) is 11.1. The van der Waals surface area contributed by atoms with Gasteiger partial charge in [-0.2, -0.15) is 0 Å². The van der Waals surface area contributed by atoms with Gasteiger partial charge < -0.3 is 16.2 Å². The Labute approximate surface area is 120 Å². The maximum atomic E-state index is 13.0. The lowest BCUT2D eigenvalue weighted by Gasteiger charge is -2.12. The predicted molar refractivity (Wildman–Crippen MR) is 76.6 cm³/mol. The minimum Gasteiger partial charge on any atom is -0.478 e. The Morgan fingerprint density at radius 1 is 1.35 bits per heavy atom. The number of anilines is 2. The maximum Gasteiger partial charge on any atom is 0.337 e. The third-order valence-corrected chi connectivity index (χ3v) is 3.07. The van der Waals surface area contributed by atoms with Crippen LogP contribution in [0.4, 0.5) is 15.8 Å². The van der Waals surface area contributed by atoms with Crippen molar-refractivity contribution in [2.24, 2.45) is 0 Å². The molecule has 0 saturated heterocycles. The highest BCUT2D eigenvalue weighted by atomic mass is 35.5. The number of benzene rings is 2. The number of rotatable bonds is 4. The Bertz CT molecular complexity index is 662. The van der Waals surface area contributed by atoms with E-state index in [2.05, 4.69) is 5.32 Å². The van der Waals surface area contributed by atoms with Crippen LogP contribution in [0.2, 0.25) is 5.02 Å². The third-order valence-electron chi connectivity index (χ3n) is 2.78. The van der Waals surface area contributed by atoms with Gasteiger partial charge in [0.15, 0.2) is 0 Å². The largest absolute Gasteiger partial charge is 0.478 e. The van der Waals surface area contributed by atoms with Crippen LogP contribution < -0.4 is 11.1 Å². The first kappa shape index (κ1) is 14.1. The van der Waals surface area contributed by atoms with Gasteiger partial charge in [-0.3, -0.25) is 0 Å². The van der Waals surface area contributed by atoms with E-state index < -0.39 is 11.8 Å². The predicted octanol–water partition coefficient (Wildman–Crippen LogP) is 3.37. The molecule has 4 nitrogen and oxygen atoms in total. The molecule has 0 aliphatic heterocycles. The molecule has 0 aromatic heterocycles. The van der Waals surface area contributed by atoms with Crippen LogP contribution in [0, 0.1) is 5.82 Å². The van der Waals surface area contributed by atoms with Crippen LogP contribution in [-0.2, 0) is 6.54 Å². The van der Waals surface area contributed by atoms with E-state index >= 15 is 0 Å². The summed E-state index contributed by atoms with van der Waals surface area (Å²) in [6.45, 7) is 0.286. The summed E-state index contributed by atoms with van der Waals surface area (Å²) in [5, 5.41) is 12.1. The summed E-state index contributed by atoms with van der Waals surface area (Å²) in [7, 11) is 0. The standard InChI is InChI=1S/C14H12ClFN2O2/c15-10-6-8(4-5-11(10)16)7-18-13-9(14(19)20)2-1-3-12(13)17/h1-6,18H,7,17H2,(H,19,20). The molecule has 0 spiro atoms. The van der Waals surface area contributed by atoms with Crippen LogP contribution in [-0.4, -0.2) is 11.1 Å². The molecular weight excluding hydrogens is 283 g/mol. The third kappa shape index (κ3) is 3.00. The zero-order valence-corrected chi connectivity index (χ0v) is 11.1. The molecule has 0 aliphatic rings. The molecule has 20 heavy (non-hydrogen) atoms. The molecule has 0 atom stereocenters. The number of hydrogen-bond donors (Lipinski definition) is 3. The number of carboxylic acid groups (broad SMARTS) is 1. The first-order valence-electron chi connectivity index (χ1n) is 5.78. The second-order valence-electron chi connectivity index (χ2n) is 4.18. The molecule has 0 amide bonds. The fraction of sp³-hybridized carbons (Fsp3) is 0.0714. The minimum absolute atomic E-state index is 0.0174. The van der Waals surface area contributed by atoms with Gasteiger partial charge in [0, 0.05) is 6.54 Å². The van der Waals surface area contributed by atoms with Gasteiger partial charge >= 0.3 is 5.97 Å².